The molecule has 1 N–H and O–H groups in total. The first-order chi connectivity index (χ1) is 10.9. The van der Waals surface area contributed by atoms with Crippen molar-refractivity contribution in [2.75, 3.05) is 39.4 Å². The summed E-state index contributed by atoms with van der Waals surface area (Å²) in [6.07, 6.45) is -1.54. The van der Waals surface area contributed by atoms with Crippen LogP contribution in [0.4, 0.5) is 13.2 Å². The minimum atomic E-state index is -4.35. The smallest absolute Gasteiger partial charge is 0.379 e. The predicted octanol–water partition coefficient (Wildman–Crippen LogP) is 2.17. The van der Waals surface area contributed by atoms with Crippen molar-refractivity contribution < 1.29 is 22.7 Å². The van der Waals surface area contributed by atoms with Gasteiger partial charge in [0.2, 0.25) is 5.91 Å². The normalized spacial score (nSPS) is 16.7. The first kappa shape index (κ1) is 17.5. The fraction of sp³-hybridized carbons (Fsp3) is 0.438. The van der Waals surface area contributed by atoms with E-state index in [1.165, 1.54) is 24.3 Å². The Labute approximate surface area is 132 Å². The Balaban J connectivity index is 1.74. The summed E-state index contributed by atoms with van der Waals surface area (Å²) in [4.78, 5) is 13.9. The highest BCUT2D eigenvalue weighted by Gasteiger charge is 2.29. The van der Waals surface area contributed by atoms with E-state index in [4.69, 9.17) is 4.74 Å². The van der Waals surface area contributed by atoms with Crippen LogP contribution in [0.1, 0.15) is 11.1 Å². The molecule has 1 aliphatic rings. The van der Waals surface area contributed by atoms with Crippen molar-refractivity contribution in [2.24, 2.45) is 0 Å². The molecule has 0 bridgehead atoms. The number of morpholine rings is 1. The van der Waals surface area contributed by atoms with E-state index in [9.17, 15) is 18.0 Å². The molecule has 126 valence electrons. The summed E-state index contributed by atoms with van der Waals surface area (Å²) in [6.45, 7) is 4.41. The van der Waals surface area contributed by atoms with Gasteiger partial charge in [0.25, 0.3) is 0 Å². The Morgan fingerprint density at radius 2 is 1.87 bits per heavy atom. The highest BCUT2D eigenvalue weighted by molar-refractivity contribution is 5.91. The van der Waals surface area contributed by atoms with Gasteiger partial charge in [0.05, 0.1) is 18.8 Å². The molecule has 23 heavy (non-hydrogen) atoms. The molecule has 0 aliphatic carbocycles. The van der Waals surface area contributed by atoms with E-state index in [1.54, 1.807) is 0 Å². The predicted molar refractivity (Wildman–Crippen MR) is 80.7 cm³/mol. The Morgan fingerprint density at radius 3 is 2.48 bits per heavy atom. The van der Waals surface area contributed by atoms with Gasteiger partial charge in [0.1, 0.15) is 0 Å². The molecule has 2 rings (SSSR count). The lowest BCUT2D eigenvalue weighted by Crippen LogP contribution is -2.41. The molecule has 0 spiro atoms. The Hall–Kier alpha value is -1.86. The van der Waals surface area contributed by atoms with Gasteiger partial charge in [-0.05, 0) is 23.8 Å². The number of hydrogen-bond acceptors (Lipinski definition) is 3. The molecule has 1 heterocycles. The standard InChI is InChI=1S/C16H19F3N2O2/c17-16(18,19)14-4-1-13(2-5-14)3-6-15(22)20-7-8-21-9-11-23-12-10-21/h1-6H,7-12H2,(H,20,22)/b6-3+. The number of carbonyl (C=O) groups excluding carboxylic acids is 1. The number of hydrogen-bond donors (Lipinski definition) is 1. The number of rotatable bonds is 5. The monoisotopic (exact) mass is 328 g/mol. The van der Waals surface area contributed by atoms with Crippen LogP contribution in [0, 0.1) is 0 Å². The third-order valence-corrected chi connectivity index (χ3v) is 3.50. The first-order valence-corrected chi connectivity index (χ1v) is 7.38. The van der Waals surface area contributed by atoms with Crippen molar-refractivity contribution >= 4 is 12.0 Å². The molecular formula is C16H19F3N2O2. The lowest BCUT2D eigenvalue weighted by atomic mass is 10.1. The molecular weight excluding hydrogens is 309 g/mol. The number of halogens is 3. The first-order valence-electron chi connectivity index (χ1n) is 7.38. The number of ether oxygens (including phenoxy) is 1. The fourth-order valence-electron chi connectivity index (χ4n) is 2.18. The van der Waals surface area contributed by atoms with Crippen LogP contribution >= 0.6 is 0 Å². The molecule has 0 saturated carbocycles. The number of amides is 1. The minimum Gasteiger partial charge on any atom is -0.379 e. The van der Waals surface area contributed by atoms with Gasteiger partial charge in [-0.15, -0.1) is 0 Å². The molecule has 0 atom stereocenters. The highest BCUT2D eigenvalue weighted by Crippen LogP contribution is 2.29. The molecule has 7 heteroatoms. The molecule has 1 aromatic carbocycles. The quantitative estimate of drug-likeness (QED) is 0.843. The molecule has 0 aromatic heterocycles. The van der Waals surface area contributed by atoms with Gasteiger partial charge < -0.3 is 10.1 Å². The van der Waals surface area contributed by atoms with Gasteiger partial charge in [0.15, 0.2) is 0 Å². The van der Waals surface area contributed by atoms with E-state index in [1.807, 2.05) is 0 Å². The lowest BCUT2D eigenvalue weighted by molar-refractivity contribution is -0.137. The maximum Gasteiger partial charge on any atom is 0.416 e. The molecule has 1 amide bonds. The van der Waals surface area contributed by atoms with Crippen molar-refractivity contribution in [3.05, 3.63) is 41.5 Å². The second-order valence-corrected chi connectivity index (χ2v) is 5.20. The van der Waals surface area contributed by atoms with E-state index in [0.717, 1.165) is 31.8 Å². The molecule has 0 radical (unpaired) electrons. The summed E-state index contributed by atoms with van der Waals surface area (Å²) in [6, 6.07) is 4.66. The second-order valence-electron chi connectivity index (χ2n) is 5.20. The number of carbonyl (C=O) groups is 1. The van der Waals surface area contributed by atoms with Gasteiger partial charge in [-0.3, -0.25) is 9.69 Å². The SMILES string of the molecule is O=C(/C=C/c1ccc(C(F)(F)F)cc1)NCCN1CCOCC1. The van der Waals surface area contributed by atoms with Crippen LogP contribution in [0.25, 0.3) is 6.08 Å². The Bertz CT molecular complexity index is 535. The van der Waals surface area contributed by atoms with Crippen molar-refractivity contribution in [1.29, 1.82) is 0 Å². The van der Waals surface area contributed by atoms with Crippen LogP contribution in [0.5, 0.6) is 0 Å². The summed E-state index contributed by atoms with van der Waals surface area (Å²) in [5, 5.41) is 2.75. The van der Waals surface area contributed by atoms with Gasteiger partial charge in [0, 0.05) is 32.3 Å². The third-order valence-electron chi connectivity index (χ3n) is 3.50. The van der Waals surface area contributed by atoms with Crippen LogP contribution in [-0.2, 0) is 15.7 Å². The Kier molecular flexibility index (Phi) is 6.18. The van der Waals surface area contributed by atoms with Crippen LogP contribution in [0.3, 0.4) is 0 Å². The molecule has 1 aliphatic heterocycles. The van der Waals surface area contributed by atoms with Crippen molar-refractivity contribution in [1.82, 2.24) is 10.2 Å². The summed E-state index contributed by atoms with van der Waals surface area (Å²) >= 11 is 0. The number of nitrogens with zero attached hydrogens (tertiary/aromatic N) is 1. The van der Waals surface area contributed by atoms with E-state index in [-0.39, 0.29) is 5.91 Å². The zero-order valence-corrected chi connectivity index (χ0v) is 12.6. The average molecular weight is 328 g/mol. The maximum atomic E-state index is 12.4. The van der Waals surface area contributed by atoms with Gasteiger partial charge >= 0.3 is 6.18 Å². The largest absolute Gasteiger partial charge is 0.416 e. The van der Waals surface area contributed by atoms with E-state index < -0.39 is 11.7 Å². The molecule has 1 aromatic rings. The number of benzene rings is 1. The third kappa shape index (κ3) is 6.03. The van der Waals surface area contributed by atoms with Crippen LogP contribution in [0.15, 0.2) is 30.3 Å². The maximum absolute atomic E-state index is 12.4. The number of alkyl halides is 3. The van der Waals surface area contributed by atoms with Gasteiger partial charge in [-0.25, -0.2) is 0 Å². The lowest BCUT2D eigenvalue weighted by Gasteiger charge is -2.26. The zero-order valence-electron chi connectivity index (χ0n) is 12.6. The van der Waals surface area contributed by atoms with Crippen LogP contribution < -0.4 is 5.32 Å². The van der Waals surface area contributed by atoms with Crippen molar-refractivity contribution in [3.63, 3.8) is 0 Å². The van der Waals surface area contributed by atoms with Crippen LogP contribution in [-0.4, -0.2) is 50.2 Å². The van der Waals surface area contributed by atoms with Crippen molar-refractivity contribution in [2.45, 2.75) is 6.18 Å². The molecule has 1 saturated heterocycles. The Morgan fingerprint density at radius 1 is 1.22 bits per heavy atom. The molecule has 0 unspecified atom stereocenters. The molecule has 4 nitrogen and oxygen atoms in total. The average Bonchev–Trinajstić information content (AvgIpc) is 2.53. The van der Waals surface area contributed by atoms with Gasteiger partial charge in [-0.2, -0.15) is 13.2 Å². The van der Waals surface area contributed by atoms with E-state index in [2.05, 4.69) is 10.2 Å². The van der Waals surface area contributed by atoms with Gasteiger partial charge in [-0.1, -0.05) is 12.1 Å². The molecule has 1 fully saturated rings. The highest BCUT2D eigenvalue weighted by atomic mass is 19.4. The van der Waals surface area contributed by atoms with Crippen LogP contribution in [0.2, 0.25) is 0 Å². The van der Waals surface area contributed by atoms with E-state index in [0.29, 0.717) is 25.3 Å². The van der Waals surface area contributed by atoms with E-state index >= 15 is 0 Å². The number of nitrogens with one attached hydrogen (secondary N) is 1. The summed E-state index contributed by atoms with van der Waals surface area (Å²) in [7, 11) is 0. The fourth-order valence-corrected chi connectivity index (χ4v) is 2.18. The summed E-state index contributed by atoms with van der Waals surface area (Å²) < 4.78 is 42.5. The minimum absolute atomic E-state index is 0.266. The second kappa shape index (κ2) is 8.12. The zero-order chi connectivity index (χ0) is 16.7. The summed E-state index contributed by atoms with van der Waals surface area (Å²) in [5.74, 6) is -0.266. The summed E-state index contributed by atoms with van der Waals surface area (Å²) in [5.41, 5.74) is -0.161. The van der Waals surface area contributed by atoms with Crippen molar-refractivity contribution in [3.8, 4) is 0 Å². The topological polar surface area (TPSA) is 41.6 Å².